The Morgan fingerprint density at radius 1 is 1.50 bits per heavy atom. The van der Waals surface area contributed by atoms with Gasteiger partial charge in [-0.15, -0.1) is 0 Å². The first-order valence-electron chi connectivity index (χ1n) is 5.33. The summed E-state index contributed by atoms with van der Waals surface area (Å²) in [6.07, 6.45) is 0.866. The lowest BCUT2D eigenvalue weighted by molar-refractivity contribution is -0.385. The molecule has 0 radical (unpaired) electrons. The molecule has 0 fully saturated rings. The zero-order valence-corrected chi connectivity index (χ0v) is 9.35. The Labute approximate surface area is 94.8 Å². The number of benzene rings is 1. The van der Waals surface area contributed by atoms with Crippen LogP contribution in [0.2, 0.25) is 0 Å². The third-order valence-electron chi connectivity index (χ3n) is 2.43. The summed E-state index contributed by atoms with van der Waals surface area (Å²) in [7, 11) is 0. The second-order valence-electron chi connectivity index (χ2n) is 3.63. The SMILES string of the molecule is CC(NCCCN)c1ccccc1[N+](=O)[O-]. The number of hydrogen-bond donors (Lipinski definition) is 2. The van der Waals surface area contributed by atoms with Crippen molar-refractivity contribution in [2.75, 3.05) is 13.1 Å². The molecule has 1 rings (SSSR count). The lowest BCUT2D eigenvalue weighted by atomic mass is 10.1. The molecule has 1 unspecified atom stereocenters. The molecule has 0 saturated carbocycles. The monoisotopic (exact) mass is 223 g/mol. The van der Waals surface area contributed by atoms with Crippen molar-refractivity contribution in [3.63, 3.8) is 0 Å². The summed E-state index contributed by atoms with van der Waals surface area (Å²) in [5, 5.41) is 14.0. The molecule has 0 aliphatic rings. The third kappa shape index (κ3) is 3.29. The molecule has 16 heavy (non-hydrogen) atoms. The highest BCUT2D eigenvalue weighted by atomic mass is 16.6. The number of nitrogens with two attached hydrogens (primary N) is 1. The summed E-state index contributed by atoms with van der Waals surface area (Å²) in [6, 6.07) is 6.75. The van der Waals surface area contributed by atoms with Crippen LogP contribution < -0.4 is 11.1 Å². The van der Waals surface area contributed by atoms with E-state index < -0.39 is 0 Å². The fourth-order valence-corrected chi connectivity index (χ4v) is 1.55. The molecule has 0 aliphatic carbocycles. The van der Waals surface area contributed by atoms with Crippen LogP contribution in [0.25, 0.3) is 0 Å². The molecule has 5 heteroatoms. The van der Waals surface area contributed by atoms with Crippen LogP contribution in [0.15, 0.2) is 24.3 Å². The van der Waals surface area contributed by atoms with Gasteiger partial charge >= 0.3 is 0 Å². The summed E-state index contributed by atoms with van der Waals surface area (Å²) in [6.45, 7) is 3.30. The van der Waals surface area contributed by atoms with E-state index in [0.717, 1.165) is 13.0 Å². The smallest absolute Gasteiger partial charge is 0.274 e. The zero-order valence-electron chi connectivity index (χ0n) is 9.35. The van der Waals surface area contributed by atoms with E-state index in [0.29, 0.717) is 12.1 Å². The van der Waals surface area contributed by atoms with Crippen molar-refractivity contribution in [3.8, 4) is 0 Å². The summed E-state index contributed by atoms with van der Waals surface area (Å²) in [5.41, 5.74) is 6.26. The third-order valence-corrected chi connectivity index (χ3v) is 2.43. The standard InChI is InChI=1S/C11H17N3O2/c1-9(13-8-4-7-12)10-5-2-3-6-11(10)14(15)16/h2-3,5-6,9,13H,4,7-8,12H2,1H3. The molecular weight excluding hydrogens is 206 g/mol. The first kappa shape index (κ1) is 12.6. The molecule has 0 aromatic heterocycles. The van der Waals surface area contributed by atoms with Gasteiger partial charge in [-0.25, -0.2) is 0 Å². The van der Waals surface area contributed by atoms with Crippen LogP contribution in [0.3, 0.4) is 0 Å². The largest absolute Gasteiger partial charge is 0.330 e. The molecule has 88 valence electrons. The van der Waals surface area contributed by atoms with Gasteiger partial charge in [0.2, 0.25) is 0 Å². The second kappa shape index (κ2) is 6.19. The van der Waals surface area contributed by atoms with Crippen LogP contribution in [-0.2, 0) is 0 Å². The highest BCUT2D eigenvalue weighted by molar-refractivity contribution is 5.41. The lowest BCUT2D eigenvalue weighted by Gasteiger charge is -2.13. The molecule has 0 amide bonds. The van der Waals surface area contributed by atoms with Crippen LogP contribution in [0.5, 0.6) is 0 Å². The number of hydrogen-bond acceptors (Lipinski definition) is 4. The molecular formula is C11H17N3O2. The van der Waals surface area contributed by atoms with Gasteiger partial charge in [-0.3, -0.25) is 10.1 Å². The highest BCUT2D eigenvalue weighted by Crippen LogP contribution is 2.24. The quantitative estimate of drug-likeness (QED) is 0.436. The first-order valence-corrected chi connectivity index (χ1v) is 5.33. The van der Waals surface area contributed by atoms with Gasteiger partial charge in [0.15, 0.2) is 0 Å². The fourth-order valence-electron chi connectivity index (χ4n) is 1.55. The maximum Gasteiger partial charge on any atom is 0.274 e. The fraction of sp³-hybridized carbons (Fsp3) is 0.455. The van der Waals surface area contributed by atoms with Gasteiger partial charge in [0, 0.05) is 17.7 Å². The Hall–Kier alpha value is -1.46. The minimum atomic E-state index is -0.351. The number of nitro groups is 1. The summed E-state index contributed by atoms with van der Waals surface area (Å²) < 4.78 is 0. The zero-order chi connectivity index (χ0) is 12.0. The van der Waals surface area contributed by atoms with Crippen molar-refractivity contribution in [3.05, 3.63) is 39.9 Å². The van der Waals surface area contributed by atoms with Crippen molar-refractivity contribution in [1.82, 2.24) is 5.32 Å². The van der Waals surface area contributed by atoms with E-state index in [2.05, 4.69) is 5.32 Å². The molecule has 1 atom stereocenters. The van der Waals surface area contributed by atoms with E-state index in [1.54, 1.807) is 12.1 Å². The summed E-state index contributed by atoms with van der Waals surface area (Å²) in [4.78, 5) is 10.5. The van der Waals surface area contributed by atoms with Crippen LogP contribution >= 0.6 is 0 Å². The van der Waals surface area contributed by atoms with Gasteiger partial charge in [-0.05, 0) is 26.4 Å². The van der Waals surface area contributed by atoms with Gasteiger partial charge in [0.1, 0.15) is 0 Å². The van der Waals surface area contributed by atoms with Crippen LogP contribution in [0.1, 0.15) is 24.9 Å². The van der Waals surface area contributed by atoms with E-state index in [1.807, 2.05) is 13.0 Å². The molecule has 0 saturated heterocycles. The van der Waals surface area contributed by atoms with Crippen molar-refractivity contribution in [1.29, 1.82) is 0 Å². The normalized spacial score (nSPS) is 12.4. The van der Waals surface area contributed by atoms with Gasteiger partial charge in [-0.2, -0.15) is 0 Å². The van der Waals surface area contributed by atoms with Gasteiger partial charge < -0.3 is 11.1 Å². The second-order valence-corrected chi connectivity index (χ2v) is 3.63. The Morgan fingerprint density at radius 3 is 2.81 bits per heavy atom. The van der Waals surface area contributed by atoms with Gasteiger partial charge in [0.05, 0.1) is 4.92 Å². The van der Waals surface area contributed by atoms with Crippen molar-refractivity contribution in [2.45, 2.75) is 19.4 Å². The van der Waals surface area contributed by atoms with Crippen LogP contribution in [-0.4, -0.2) is 18.0 Å². The van der Waals surface area contributed by atoms with Gasteiger partial charge in [0.25, 0.3) is 5.69 Å². The summed E-state index contributed by atoms with van der Waals surface area (Å²) in [5.74, 6) is 0. The number of nitro benzene ring substituents is 1. The van der Waals surface area contributed by atoms with E-state index in [9.17, 15) is 10.1 Å². The highest BCUT2D eigenvalue weighted by Gasteiger charge is 2.16. The molecule has 0 spiro atoms. The minimum absolute atomic E-state index is 0.0341. The van der Waals surface area contributed by atoms with E-state index in [-0.39, 0.29) is 16.7 Å². The molecule has 5 nitrogen and oxygen atoms in total. The number of para-hydroxylation sites is 1. The molecule has 0 aliphatic heterocycles. The lowest BCUT2D eigenvalue weighted by Crippen LogP contribution is -2.22. The van der Waals surface area contributed by atoms with Crippen LogP contribution in [0.4, 0.5) is 5.69 Å². The molecule has 1 aromatic carbocycles. The molecule has 0 heterocycles. The number of nitrogens with zero attached hydrogens (tertiary/aromatic N) is 1. The minimum Gasteiger partial charge on any atom is -0.330 e. The molecule has 3 N–H and O–H groups in total. The average molecular weight is 223 g/mol. The molecule has 0 bridgehead atoms. The number of rotatable bonds is 6. The maximum atomic E-state index is 10.8. The Balaban J connectivity index is 2.74. The Morgan fingerprint density at radius 2 is 2.19 bits per heavy atom. The van der Waals surface area contributed by atoms with Gasteiger partial charge in [-0.1, -0.05) is 18.2 Å². The average Bonchev–Trinajstić information content (AvgIpc) is 2.29. The Bertz CT molecular complexity index is 355. The Kier molecular flexibility index (Phi) is 4.88. The van der Waals surface area contributed by atoms with E-state index in [1.165, 1.54) is 6.07 Å². The van der Waals surface area contributed by atoms with E-state index >= 15 is 0 Å². The van der Waals surface area contributed by atoms with Crippen molar-refractivity contribution >= 4 is 5.69 Å². The predicted octanol–water partition coefficient (Wildman–Crippen LogP) is 1.59. The maximum absolute atomic E-state index is 10.8. The van der Waals surface area contributed by atoms with E-state index in [4.69, 9.17) is 5.73 Å². The first-order chi connectivity index (χ1) is 7.66. The van der Waals surface area contributed by atoms with Crippen molar-refractivity contribution in [2.24, 2.45) is 5.73 Å². The van der Waals surface area contributed by atoms with Crippen molar-refractivity contribution < 1.29 is 4.92 Å². The van der Waals surface area contributed by atoms with Crippen LogP contribution in [0, 0.1) is 10.1 Å². The molecule has 1 aromatic rings. The topological polar surface area (TPSA) is 81.2 Å². The predicted molar refractivity (Wildman–Crippen MR) is 63.2 cm³/mol. The summed E-state index contributed by atoms with van der Waals surface area (Å²) >= 11 is 0. The number of nitrogens with one attached hydrogen (secondary N) is 1.